The molecule has 0 spiro atoms. The van der Waals surface area contributed by atoms with Gasteiger partial charge >= 0.3 is 0 Å². The van der Waals surface area contributed by atoms with Crippen molar-refractivity contribution in [2.75, 3.05) is 6.61 Å². The van der Waals surface area contributed by atoms with Gasteiger partial charge in [0.15, 0.2) is 0 Å². The number of aliphatic hydroxyl groups excluding tert-OH is 2. The van der Waals surface area contributed by atoms with Crippen LogP contribution in [0.2, 0.25) is 0 Å². The van der Waals surface area contributed by atoms with Crippen LogP contribution in [0.3, 0.4) is 0 Å². The standard InChI is InChI=1S/C23H26O6/c1-2-13-20(26)18(15-9-5-3-6-10-15)23(29)21(27,17(25)14-24)19(22(20,23)28)16-11-7-4-8-12-16/h2-12,17-19,24-29H,1,13-14H2/t17-,18?,19?,20?,21+,22+,23+/m1/s1. The first kappa shape index (κ1) is 20.2. The molecule has 0 heterocycles. The second kappa shape index (κ2) is 6.47. The Hall–Kier alpha value is -2.06. The summed E-state index contributed by atoms with van der Waals surface area (Å²) < 4.78 is 0. The Morgan fingerprint density at radius 1 is 0.828 bits per heavy atom. The van der Waals surface area contributed by atoms with Crippen LogP contribution >= 0.6 is 0 Å². The van der Waals surface area contributed by atoms with Crippen molar-refractivity contribution in [3.63, 3.8) is 0 Å². The first-order chi connectivity index (χ1) is 13.7. The van der Waals surface area contributed by atoms with E-state index in [0.29, 0.717) is 11.1 Å². The largest absolute Gasteiger partial charge is 0.394 e. The molecule has 6 N–H and O–H groups in total. The van der Waals surface area contributed by atoms with Gasteiger partial charge in [-0.25, -0.2) is 0 Å². The average Bonchev–Trinajstić information content (AvgIpc) is 2.74. The number of benzene rings is 2. The first-order valence-corrected chi connectivity index (χ1v) is 9.64. The smallest absolute Gasteiger partial charge is 0.138 e. The minimum atomic E-state index is -2.29. The van der Waals surface area contributed by atoms with Crippen LogP contribution in [0.5, 0.6) is 0 Å². The molecule has 0 aromatic heterocycles. The van der Waals surface area contributed by atoms with Gasteiger partial charge in [0.2, 0.25) is 0 Å². The van der Waals surface area contributed by atoms with E-state index in [4.69, 9.17) is 0 Å². The lowest BCUT2D eigenvalue weighted by Crippen LogP contribution is -3.03. The zero-order valence-corrected chi connectivity index (χ0v) is 15.9. The van der Waals surface area contributed by atoms with Crippen LogP contribution in [0.15, 0.2) is 73.3 Å². The molecule has 6 nitrogen and oxygen atoms in total. The molecule has 0 aliphatic heterocycles. The van der Waals surface area contributed by atoms with Crippen molar-refractivity contribution in [1.29, 1.82) is 0 Å². The topological polar surface area (TPSA) is 121 Å². The van der Waals surface area contributed by atoms with E-state index in [1.807, 2.05) is 0 Å². The fraction of sp³-hybridized carbons (Fsp3) is 0.391. The summed E-state index contributed by atoms with van der Waals surface area (Å²) in [4.78, 5) is 0. The Morgan fingerprint density at radius 2 is 1.31 bits per heavy atom. The third-order valence-electron chi connectivity index (χ3n) is 7.01. The van der Waals surface area contributed by atoms with E-state index in [1.54, 1.807) is 60.7 Å². The van der Waals surface area contributed by atoms with Crippen LogP contribution in [0.1, 0.15) is 29.4 Å². The molecular weight excluding hydrogens is 372 g/mol. The Bertz CT molecular complexity index is 904. The zero-order valence-electron chi connectivity index (χ0n) is 15.9. The van der Waals surface area contributed by atoms with Crippen LogP contribution in [-0.4, -0.2) is 65.8 Å². The van der Waals surface area contributed by atoms with Gasteiger partial charge in [-0.05, 0) is 17.5 Å². The molecule has 2 saturated carbocycles. The summed E-state index contributed by atoms with van der Waals surface area (Å²) in [6, 6.07) is 17.0. The van der Waals surface area contributed by atoms with Gasteiger partial charge in [0.25, 0.3) is 0 Å². The molecule has 2 aliphatic rings. The van der Waals surface area contributed by atoms with Crippen molar-refractivity contribution >= 4 is 0 Å². The average molecular weight is 398 g/mol. The summed E-state index contributed by atoms with van der Waals surface area (Å²) in [5, 5.41) is 66.8. The fourth-order valence-corrected chi connectivity index (χ4v) is 5.89. The van der Waals surface area contributed by atoms with Crippen molar-refractivity contribution in [3.05, 3.63) is 84.4 Å². The predicted octanol–water partition coefficient (Wildman–Crippen LogP) is 0.435. The summed E-state index contributed by atoms with van der Waals surface area (Å²) in [7, 11) is 0. The minimum absolute atomic E-state index is 0.0417. The van der Waals surface area contributed by atoms with Gasteiger partial charge in [0.05, 0.1) is 18.4 Å². The van der Waals surface area contributed by atoms with E-state index < -0.39 is 47.0 Å². The number of hydrogen-bond donors (Lipinski definition) is 6. The lowest BCUT2D eigenvalue weighted by Gasteiger charge is -2.84. The minimum Gasteiger partial charge on any atom is -0.394 e. The Labute approximate surface area is 169 Å². The number of hydrogen-bond acceptors (Lipinski definition) is 6. The number of rotatable bonds is 6. The molecule has 7 atom stereocenters. The summed E-state index contributed by atoms with van der Waals surface area (Å²) in [5.41, 5.74) is -7.65. The Morgan fingerprint density at radius 3 is 1.76 bits per heavy atom. The second-order valence-corrected chi connectivity index (χ2v) is 8.16. The highest BCUT2D eigenvalue weighted by atomic mass is 16.5. The lowest BCUT2D eigenvalue weighted by atomic mass is 9.25. The van der Waals surface area contributed by atoms with Gasteiger partial charge in [-0.1, -0.05) is 66.7 Å². The summed E-state index contributed by atoms with van der Waals surface area (Å²) in [5.74, 6) is -2.33. The second-order valence-electron chi connectivity index (χ2n) is 8.16. The van der Waals surface area contributed by atoms with Crippen molar-refractivity contribution in [2.45, 2.75) is 46.8 Å². The molecule has 2 aliphatic carbocycles. The molecule has 3 unspecified atom stereocenters. The predicted molar refractivity (Wildman–Crippen MR) is 106 cm³/mol. The molecule has 0 bridgehead atoms. The van der Waals surface area contributed by atoms with Crippen LogP contribution in [0.25, 0.3) is 0 Å². The maximum Gasteiger partial charge on any atom is 0.138 e. The Balaban J connectivity index is 1.95. The molecule has 2 aromatic rings. The van der Waals surface area contributed by atoms with Crippen molar-refractivity contribution in [3.8, 4) is 0 Å². The molecule has 0 saturated heterocycles. The zero-order chi connectivity index (χ0) is 21.1. The summed E-state index contributed by atoms with van der Waals surface area (Å²) in [6.45, 7) is 2.85. The first-order valence-electron chi connectivity index (χ1n) is 9.64. The van der Waals surface area contributed by atoms with Gasteiger partial charge in [0.1, 0.15) is 28.5 Å². The van der Waals surface area contributed by atoms with E-state index in [9.17, 15) is 30.6 Å². The number of aliphatic hydroxyl groups is 6. The van der Waals surface area contributed by atoms with E-state index in [1.165, 1.54) is 6.08 Å². The van der Waals surface area contributed by atoms with Gasteiger partial charge in [-0.2, -0.15) is 0 Å². The van der Waals surface area contributed by atoms with Crippen LogP contribution < -0.4 is 0 Å². The van der Waals surface area contributed by atoms with E-state index in [0.717, 1.165) is 0 Å². The van der Waals surface area contributed by atoms with Crippen molar-refractivity contribution in [1.82, 2.24) is 0 Å². The van der Waals surface area contributed by atoms with E-state index >= 15 is 0 Å². The SMILES string of the molecule is C=CCC1(O)C(c2ccccc2)[C@]2(O)[C@](O)([C@H](O)CO)C(c3ccccc3)[C@]12O. The van der Waals surface area contributed by atoms with Crippen LogP contribution in [0, 0.1) is 0 Å². The fourth-order valence-electron chi connectivity index (χ4n) is 5.89. The monoisotopic (exact) mass is 398 g/mol. The van der Waals surface area contributed by atoms with E-state index in [2.05, 4.69) is 6.58 Å². The molecule has 0 radical (unpaired) electrons. The van der Waals surface area contributed by atoms with Gasteiger partial charge in [0, 0.05) is 0 Å². The van der Waals surface area contributed by atoms with Gasteiger partial charge in [-0.3, -0.25) is 0 Å². The molecule has 6 heteroatoms. The molecule has 2 fully saturated rings. The number of fused-ring (bicyclic) bond motifs is 1. The molecule has 29 heavy (non-hydrogen) atoms. The van der Waals surface area contributed by atoms with Gasteiger partial charge < -0.3 is 30.6 Å². The highest BCUT2D eigenvalue weighted by Gasteiger charge is 2.98. The molecule has 0 amide bonds. The van der Waals surface area contributed by atoms with Gasteiger partial charge in [-0.15, -0.1) is 6.58 Å². The Kier molecular flexibility index (Phi) is 4.51. The summed E-state index contributed by atoms with van der Waals surface area (Å²) in [6.07, 6.45) is -0.326. The maximum absolute atomic E-state index is 11.7. The lowest BCUT2D eigenvalue weighted by molar-refractivity contribution is -0.488. The van der Waals surface area contributed by atoms with Crippen molar-refractivity contribution < 1.29 is 30.6 Å². The molecule has 2 aromatic carbocycles. The van der Waals surface area contributed by atoms with Crippen LogP contribution in [0.4, 0.5) is 0 Å². The van der Waals surface area contributed by atoms with Crippen LogP contribution in [-0.2, 0) is 0 Å². The molecular formula is C23H26O6. The quantitative estimate of drug-likeness (QED) is 0.393. The third kappa shape index (κ3) is 2.06. The third-order valence-corrected chi connectivity index (χ3v) is 7.01. The molecule has 4 rings (SSSR count). The van der Waals surface area contributed by atoms with Crippen molar-refractivity contribution in [2.24, 2.45) is 0 Å². The molecule has 154 valence electrons. The summed E-state index contributed by atoms with van der Waals surface area (Å²) >= 11 is 0. The highest BCUT2D eigenvalue weighted by Crippen LogP contribution is 2.80. The highest BCUT2D eigenvalue weighted by molar-refractivity contribution is 5.59. The maximum atomic E-state index is 11.7. The van der Waals surface area contributed by atoms with E-state index in [-0.39, 0.29) is 6.42 Å². The normalized spacial score (nSPS) is 41.6.